The summed E-state index contributed by atoms with van der Waals surface area (Å²) in [5.74, 6) is -2.59. The number of carbonyl (C=O) groups excluding carboxylic acids is 4. The largest absolute Gasteiger partial charge is 0.485 e. The minimum absolute atomic E-state index is 0.0145. The van der Waals surface area contributed by atoms with Gasteiger partial charge in [-0.15, -0.1) is 11.3 Å². The van der Waals surface area contributed by atoms with Crippen molar-refractivity contribution in [2.45, 2.75) is 109 Å². The van der Waals surface area contributed by atoms with Gasteiger partial charge >= 0.3 is 0 Å². The number of fused-ring (bicyclic) bond motifs is 4. The summed E-state index contributed by atoms with van der Waals surface area (Å²) in [6.07, 6.45) is 11.4. The predicted molar refractivity (Wildman–Crippen MR) is 199 cm³/mol. The molecule has 0 radical (unpaired) electrons. The molecule has 0 spiro atoms. The average Bonchev–Trinajstić information content (AvgIpc) is 3.76. The Kier molecular flexibility index (Phi) is 14.3. The highest BCUT2D eigenvalue weighted by Gasteiger charge is 2.44. The van der Waals surface area contributed by atoms with Crippen molar-refractivity contribution in [1.29, 1.82) is 0 Å². The Morgan fingerprint density at radius 3 is 2.57 bits per heavy atom. The van der Waals surface area contributed by atoms with Crippen LogP contribution in [0.2, 0.25) is 0 Å². The first kappa shape index (κ1) is 39.8. The molecule has 0 unspecified atom stereocenters. The standard InChI is InChI=1S/C39H51FN6O6S/c1-25(2)17-31-38(50)46-23-28(47)20-33(46)39(51)45(3)32(18-26-11-10-15-41-21-26)37(49)42-16-9-7-5-4-6-8-12-29-22-43-35(53-29)24-52-34-19-27(40)13-14-30(34)36(48)44-31/h10-11,13-15,19,21-22,25,28,31-33,47H,4-9,12,16-18,20,23-24H2,1-3H3,(H,42,49)(H,44,48)/t28-,31+,32-,33+/m0/s1. The fourth-order valence-corrected chi connectivity index (χ4v) is 7.77. The monoisotopic (exact) mass is 750 g/mol. The van der Waals surface area contributed by atoms with E-state index in [9.17, 15) is 28.7 Å². The Bertz CT molecular complexity index is 1710. The predicted octanol–water partition coefficient (Wildman–Crippen LogP) is 4.45. The molecule has 2 bridgehead atoms. The zero-order valence-corrected chi connectivity index (χ0v) is 31.6. The van der Waals surface area contributed by atoms with Crippen LogP contribution in [0.25, 0.3) is 0 Å². The lowest BCUT2D eigenvalue weighted by Gasteiger charge is -2.34. The SMILES string of the molecule is CC(C)C[C@H]1NC(=O)c2ccc(F)cc2OCc2ncc(s2)CCCCCCCCNC(=O)[C@H](Cc2cccnc2)N(C)C(=O)[C@H]2C[C@H](O)CN2C1=O. The molecule has 53 heavy (non-hydrogen) atoms. The van der Waals surface area contributed by atoms with E-state index in [-0.39, 0.29) is 55.6 Å². The average molecular weight is 751 g/mol. The number of benzene rings is 1. The van der Waals surface area contributed by atoms with Crippen LogP contribution in [0.5, 0.6) is 5.75 Å². The van der Waals surface area contributed by atoms with E-state index in [2.05, 4.69) is 20.6 Å². The highest BCUT2D eigenvalue weighted by molar-refractivity contribution is 7.11. The Morgan fingerprint density at radius 1 is 1.04 bits per heavy atom. The summed E-state index contributed by atoms with van der Waals surface area (Å²) >= 11 is 1.52. The van der Waals surface area contributed by atoms with Gasteiger partial charge in [0.15, 0.2) is 0 Å². The Hall–Kier alpha value is -4.43. The van der Waals surface area contributed by atoms with E-state index in [1.54, 1.807) is 25.5 Å². The van der Waals surface area contributed by atoms with Gasteiger partial charge in [0.1, 0.15) is 41.3 Å². The van der Waals surface area contributed by atoms with Crippen LogP contribution in [0.4, 0.5) is 4.39 Å². The number of nitrogens with zero attached hydrogens (tertiary/aromatic N) is 4. The third kappa shape index (κ3) is 11.0. The van der Waals surface area contributed by atoms with Crippen LogP contribution in [0, 0.1) is 11.7 Å². The first-order valence-electron chi connectivity index (χ1n) is 18.6. The molecule has 3 aromatic rings. The van der Waals surface area contributed by atoms with Gasteiger partial charge in [0.25, 0.3) is 5.91 Å². The number of likely N-dealkylation sites (N-methyl/N-ethyl adjacent to an activating group) is 1. The van der Waals surface area contributed by atoms with Crippen molar-refractivity contribution in [1.82, 2.24) is 30.4 Å². The number of aliphatic hydroxyl groups is 1. The molecule has 1 aromatic carbocycles. The van der Waals surface area contributed by atoms with E-state index in [1.807, 2.05) is 26.1 Å². The number of aliphatic hydroxyl groups excluding tert-OH is 1. The first-order chi connectivity index (χ1) is 25.5. The smallest absolute Gasteiger partial charge is 0.255 e. The van der Waals surface area contributed by atoms with E-state index in [0.29, 0.717) is 11.6 Å². The number of amides is 4. The van der Waals surface area contributed by atoms with Crippen molar-refractivity contribution < 1.29 is 33.4 Å². The summed E-state index contributed by atoms with van der Waals surface area (Å²) in [4.78, 5) is 68.4. The van der Waals surface area contributed by atoms with Gasteiger partial charge in [-0.1, -0.05) is 45.6 Å². The van der Waals surface area contributed by atoms with Crippen LogP contribution in [0.3, 0.4) is 0 Å². The number of nitrogens with one attached hydrogen (secondary N) is 2. The van der Waals surface area contributed by atoms with Crippen molar-refractivity contribution in [2.24, 2.45) is 5.92 Å². The lowest BCUT2D eigenvalue weighted by atomic mass is 10.0. The van der Waals surface area contributed by atoms with Gasteiger partial charge in [0, 0.05) is 62.5 Å². The summed E-state index contributed by atoms with van der Waals surface area (Å²) in [6.45, 7) is 4.20. The number of pyridine rings is 1. The fraction of sp³-hybridized carbons (Fsp3) is 0.538. The second-order valence-electron chi connectivity index (χ2n) is 14.4. The van der Waals surface area contributed by atoms with Crippen LogP contribution in [-0.2, 0) is 33.8 Å². The number of hydrogen-bond donors (Lipinski definition) is 3. The van der Waals surface area contributed by atoms with E-state index >= 15 is 0 Å². The summed E-state index contributed by atoms with van der Waals surface area (Å²) < 4.78 is 20.4. The molecule has 5 rings (SSSR count). The maximum absolute atomic E-state index is 14.4. The third-order valence-corrected chi connectivity index (χ3v) is 10.7. The van der Waals surface area contributed by atoms with Gasteiger partial charge in [-0.25, -0.2) is 9.37 Å². The zero-order chi connectivity index (χ0) is 37.9. The van der Waals surface area contributed by atoms with Gasteiger partial charge in [0.2, 0.25) is 17.7 Å². The molecule has 14 heteroatoms. The molecule has 0 aliphatic carbocycles. The van der Waals surface area contributed by atoms with Crippen LogP contribution < -0.4 is 15.4 Å². The van der Waals surface area contributed by atoms with Crippen LogP contribution >= 0.6 is 11.3 Å². The van der Waals surface area contributed by atoms with Crippen molar-refractivity contribution in [2.75, 3.05) is 20.1 Å². The summed E-state index contributed by atoms with van der Waals surface area (Å²) in [7, 11) is 1.54. The molecule has 286 valence electrons. The lowest BCUT2D eigenvalue weighted by Crippen LogP contribution is -2.57. The molecule has 1 saturated heterocycles. The Balaban J connectivity index is 1.43. The van der Waals surface area contributed by atoms with Crippen LogP contribution in [-0.4, -0.2) is 92.9 Å². The molecule has 3 N–H and O–H groups in total. The topological polar surface area (TPSA) is 154 Å². The van der Waals surface area contributed by atoms with Gasteiger partial charge < -0.3 is 30.3 Å². The summed E-state index contributed by atoms with van der Waals surface area (Å²) in [6, 6.07) is 4.19. The summed E-state index contributed by atoms with van der Waals surface area (Å²) in [5, 5.41) is 17.3. The van der Waals surface area contributed by atoms with Gasteiger partial charge in [0.05, 0.1) is 11.7 Å². The minimum atomic E-state index is -1.07. The molecule has 2 aromatic heterocycles. The maximum Gasteiger partial charge on any atom is 0.255 e. The number of carbonyl (C=O) groups is 4. The number of halogens is 1. The molecule has 12 nitrogen and oxygen atoms in total. The van der Waals surface area contributed by atoms with Gasteiger partial charge in [-0.2, -0.15) is 0 Å². The fourth-order valence-electron chi connectivity index (χ4n) is 6.89. The van der Waals surface area contributed by atoms with E-state index in [0.717, 1.165) is 67.5 Å². The minimum Gasteiger partial charge on any atom is -0.485 e. The molecule has 1 fully saturated rings. The van der Waals surface area contributed by atoms with Crippen molar-refractivity contribution in [3.05, 3.63) is 75.8 Å². The van der Waals surface area contributed by atoms with Crippen molar-refractivity contribution in [3.8, 4) is 5.75 Å². The number of hydrogen-bond acceptors (Lipinski definition) is 9. The highest BCUT2D eigenvalue weighted by Crippen LogP contribution is 2.26. The quantitative estimate of drug-likeness (QED) is 0.354. The number of aryl methyl sites for hydroxylation is 1. The van der Waals surface area contributed by atoms with Gasteiger partial charge in [-0.05, 0) is 55.4 Å². The van der Waals surface area contributed by atoms with E-state index in [1.165, 1.54) is 27.2 Å². The molecule has 0 saturated carbocycles. The molecular weight excluding hydrogens is 700 g/mol. The highest BCUT2D eigenvalue weighted by atomic mass is 32.1. The zero-order valence-electron chi connectivity index (χ0n) is 30.8. The van der Waals surface area contributed by atoms with Crippen molar-refractivity contribution in [3.63, 3.8) is 0 Å². The molecule has 4 atom stereocenters. The number of rotatable bonds is 4. The van der Waals surface area contributed by atoms with Crippen LogP contribution in [0.1, 0.15) is 91.0 Å². The number of thiazole rings is 1. The van der Waals surface area contributed by atoms with Crippen LogP contribution in [0.15, 0.2) is 48.9 Å². The maximum atomic E-state index is 14.4. The first-order valence-corrected chi connectivity index (χ1v) is 19.4. The number of ether oxygens (including phenoxy) is 1. The molecule has 4 amide bonds. The Labute approximate surface area is 314 Å². The Morgan fingerprint density at radius 2 is 1.81 bits per heavy atom. The molecule has 4 heterocycles. The second-order valence-corrected chi connectivity index (χ2v) is 15.6. The number of aromatic nitrogens is 2. The summed E-state index contributed by atoms with van der Waals surface area (Å²) in [5.41, 5.74) is 0.814. The third-order valence-electron chi connectivity index (χ3n) is 9.72. The second kappa shape index (κ2) is 19.1. The van der Waals surface area contributed by atoms with E-state index in [4.69, 9.17) is 4.74 Å². The van der Waals surface area contributed by atoms with E-state index < -0.39 is 47.8 Å². The molecule has 2 aliphatic heterocycles. The molecule has 2 aliphatic rings. The normalized spacial score (nSPS) is 23.2. The lowest BCUT2D eigenvalue weighted by molar-refractivity contribution is -0.147. The van der Waals surface area contributed by atoms with Crippen molar-refractivity contribution >= 4 is 35.0 Å². The molecular formula is C39H51FN6O6S. The van der Waals surface area contributed by atoms with Gasteiger partial charge in [-0.3, -0.25) is 24.2 Å².